The first kappa shape index (κ1) is 15.1. The van der Waals surface area contributed by atoms with Crippen LogP contribution in [0, 0.1) is 6.92 Å². The number of benzene rings is 1. The van der Waals surface area contributed by atoms with E-state index in [0.717, 1.165) is 0 Å². The molecular weight excluding hydrogens is 280 g/mol. The molecule has 112 valence electrons. The Labute approximate surface area is 119 Å². The Morgan fingerprint density at radius 1 is 1.20 bits per heavy atom. The van der Waals surface area contributed by atoms with Crippen molar-refractivity contribution in [3.8, 4) is 11.5 Å². The number of nitrogens with one attached hydrogen (secondary N) is 1. The van der Waals surface area contributed by atoms with Crippen LogP contribution in [0.3, 0.4) is 0 Å². The minimum atomic E-state index is -3.57. The van der Waals surface area contributed by atoms with Crippen LogP contribution >= 0.6 is 0 Å². The van der Waals surface area contributed by atoms with Gasteiger partial charge in [0.25, 0.3) is 0 Å². The monoisotopic (exact) mass is 300 g/mol. The molecule has 0 aliphatic heterocycles. The minimum absolute atomic E-state index is 0.0810. The molecule has 1 saturated carbocycles. The third-order valence-electron chi connectivity index (χ3n) is 3.47. The molecule has 2 rings (SSSR count). The molecule has 1 aliphatic rings. The molecule has 20 heavy (non-hydrogen) atoms. The summed E-state index contributed by atoms with van der Waals surface area (Å²) in [5.41, 5.74) is 6.28. The van der Waals surface area contributed by atoms with Gasteiger partial charge in [0.1, 0.15) is 0 Å². The second kappa shape index (κ2) is 5.59. The van der Waals surface area contributed by atoms with E-state index in [4.69, 9.17) is 15.2 Å². The molecule has 1 aromatic rings. The molecule has 7 heteroatoms. The zero-order valence-electron chi connectivity index (χ0n) is 11.8. The number of methoxy groups -OCH3 is 2. The van der Waals surface area contributed by atoms with Gasteiger partial charge in [0, 0.05) is 18.2 Å². The predicted molar refractivity (Wildman–Crippen MR) is 75.6 cm³/mol. The topological polar surface area (TPSA) is 90.7 Å². The van der Waals surface area contributed by atoms with Crippen LogP contribution < -0.4 is 19.9 Å². The van der Waals surface area contributed by atoms with Crippen LogP contribution in [0.5, 0.6) is 11.5 Å². The van der Waals surface area contributed by atoms with E-state index in [1.807, 2.05) is 0 Å². The van der Waals surface area contributed by atoms with E-state index in [1.54, 1.807) is 13.0 Å². The summed E-state index contributed by atoms with van der Waals surface area (Å²) < 4.78 is 37.7. The van der Waals surface area contributed by atoms with Crippen molar-refractivity contribution in [1.82, 2.24) is 4.72 Å². The van der Waals surface area contributed by atoms with Crippen LogP contribution in [0.15, 0.2) is 17.0 Å². The molecule has 6 nitrogen and oxygen atoms in total. The SMILES string of the molecule is COc1cc(C)c(S(=O)(=O)NC2CC(N)C2)cc1OC. The van der Waals surface area contributed by atoms with Crippen molar-refractivity contribution in [1.29, 1.82) is 0 Å². The number of aryl methyl sites for hydroxylation is 1. The van der Waals surface area contributed by atoms with Gasteiger partial charge >= 0.3 is 0 Å². The quantitative estimate of drug-likeness (QED) is 0.838. The van der Waals surface area contributed by atoms with Crippen molar-refractivity contribution in [2.75, 3.05) is 14.2 Å². The molecule has 0 saturated heterocycles. The van der Waals surface area contributed by atoms with Crippen LogP contribution in [0.4, 0.5) is 0 Å². The zero-order valence-corrected chi connectivity index (χ0v) is 12.7. The lowest BCUT2D eigenvalue weighted by Gasteiger charge is -2.32. The van der Waals surface area contributed by atoms with Gasteiger partial charge in [-0.05, 0) is 31.4 Å². The molecule has 0 bridgehead atoms. The number of rotatable bonds is 5. The molecular formula is C13H20N2O4S. The van der Waals surface area contributed by atoms with Crippen molar-refractivity contribution in [2.24, 2.45) is 5.73 Å². The van der Waals surface area contributed by atoms with Gasteiger partial charge in [-0.2, -0.15) is 0 Å². The Hall–Kier alpha value is -1.31. The van der Waals surface area contributed by atoms with Gasteiger partial charge in [-0.3, -0.25) is 0 Å². The molecule has 0 radical (unpaired) electrons. The van der Waals surface area contributed by atoms with Crippen molar-refractivity contribution < 1.29 is 17.9 Å². The van der Waals surface area contributed by atoms with Crippen molar-refractivity contribution in [3.05, 3.63) is 17.7 Å². The Morgan fingerprint density at radius 2 is 1.75 bits per heavy atom. The fourth-order valence-electron chi connectivity index (χ4n) is 2.29. The van der Waals surface area contributed by atoms with Crippen molar-refractivity contribution >= 4 is 10.0 Å². The van der Waals surface area contributed by atoms with Gasteiger partial charge in [-0.25, -0.2) is 13.1 Å². The molecule has 1 aliphatic carbocycles. The van der Waals surface area contributed by atoms with Gasteiger partial charge in [-0.1, -0.05) is 0 Å². The molecule has 1 aromatic carbocycles. The van der Waals surface area contributed by atoms with Crippen LogP contribution in [-0.2, 0) is 10.0 Å². The highest BCUT2D eigenvalue weighted by atomic mass is 32.2. The Balaban J connectivity index is 2.31. The third kappa shape index (κ3) is 2.89. The van der Waals surface area contributed by atoms with Gasteiger partial charge in [0.15, 0.2) is 11.5 Å². The largest absolute Gasteiger partial charge is 0.493 e. The first-order valence-corrected chi connectivity index (χ1v) is 7.86. The molecule has 0 atom stereocenters. The first-order valence-electron chi connectivity index (χ1n) is 6.38. The maximum absolute atomic E-state index is 12.4. The van der Waals surface area contributed by atoms with Gasteiger partial charge < -0.3 is 15.2 Å². The molecule has 0 spiro atoms. The Bertz CT molecular complexity index is 595. The van der Waals surface area contributed by atoms with Crippen molar-refractivity contribution in [3.63, 3.8) is 0 Å². The third-order valence-corrected chi connectivity index (χ3v) is 5.13. The summed E-state index contributed by atoms with van der Waals surface area (Å²) in [4.78, 5) is 0.204. The van der Waals surface area contributed by atoms with Crippen LogP contribution in [0.25, 0.3) is 0 Å². The molecule has 0 aromatic heterocycles. The van der Waals surface area contributed by atoms with E-state index in [2.05, 4.69) is 4.72 Å². The minimum Gasteiger partial charge on any atom is -0.493 e. The van der Waals surface area contributed by atoms with Gasteiger partial charge in [-0.15, -0.1) is 0 Å². The summed E-state index contributed by atoms with van der Waals surface area (Å²) in [6, 6.07) is 3.14. The lowest BCUT2D eigenvalue weighted by Crippen LogP contribution is -2.50. The fraction of sp³-hybridized carbons (Fsp3) is 0.538. The molecule has 0 unspecified atom stereocenters. The van der Waals surface area contributed by atoms with E-state index in [1.165, 1.54) is 20.3 Å². The van der Waals surface area contributed by atoms with E-state index in [9.17, 15) is 8.42 Å². The Morgan fingerprint density at radius 3 is 2.25 bits per heavy atom. The van der Waals surface area contributed by atoms with Gasteiger partial charge in [0.05, 0.1) is 19.1 Å². The van der Waals surface area contributed by atoms with Crippen LogP contribution in [0.1, 0.15) is 18.4 Å². The maximum atomic E-state index is 12.4. The molecule has 3 N–H and O–H groups in total. The number of sulfonamides is 1. The second-order valence-corrected chi connectivity index (χ2v) is 6.70. The van der Waals surface area contributed by atoms with E-state index in [-0.39, 0.29) is 17.0 Å². The summed E-state index contributed by atoms with van der Waals surface area (Å²) in [6.45, 7) is 1.73. The highest BCUT2D eigenvalue weighted by Gasteiger charge is 2.31. The first-order chi connectivity index (χ1) is 9.37. The summed E-state index contributed by atoms with van der Waals surface area (Å²) in [6.07, 6.45) is 1.34. The maximum Gasteiger partial charge on any atom is 0.241 e. The highest BCUT2D eigenvalue weighted by molar-refractivity contribution is 7.89. The standard InChI is InChI=1S/C13H20N2O4S/c1-8-4-11(18-2)12(19-3)7-13(8)20(16,17)15-10-5-9(14)6-10/h4,7,9-10,15H,5-6,14H2,1-3H3. The summed E-state index contributed by atoms with van der Waals surface area (Å²) in [5, 5.41) is 0. The molecule has 1 fully saturated rings. The zero-order chi connectivity index (χ0) is 14.9. The van der Waals surface area contributed by atoms with Crippen LogP contribution in [0.2, 0.25) is 0 Å². The Kier molecular flexibility index (Phi) is 4.22. The lowest BCUT2D eigenvalue weighted by atomic mass is 9.89. The van der Waals surface area contributed by atoms with Crippen molar-refractivity contribution in [2.45, 2.75) is 36.7 Å². The fourth-order valence-corrected chi connectivity index (χ4v) is 3.80. The summed E-state index contributed by atoms with van der Waals surface area (Å²) in [5.74, 6) is 0.901. The average molecular weight is 300 g/mol. The summed E-state index contributed by atoms with van der Waals surface area (Å²) >= 11 is 0. The van der Waals surface area contributed by atoms with Crippen LogP contribution in [-0.4, -0.2) is 34.7 Å². The number of hydrogen-bond acceptors (Lipinski definition) is 5. The van der Waals surface area contributed by atoms with E-state index in [0.29, 0.717) is 29.9 Å². The normalized spacial score (nSPS) is 22.2. The predicted octanol–water partition coefficient (Wildman–Crippen LogP) is 0.780. The lowest BCUT2D eigenvalue weighted by molar-refractivity contribution is 0.326. The number of ether oxygens (including phenoxy) is 2. The van der Waals surface area contributed by atoms with E-state index < -0.39 is 10.0 Å². The smallest absolute Gasteiger partial charge is 0.241 e. The number of nitrogens with two attached hydrogens (primary N) is 1. The van der Waals surface area contributed by atoms with Gasteiger partial charge in [0.2, 0.25) is 10.0 Å². The average Bonchev–Trinajstić information content (AvgIpc) is 2.35. The highest BCUT2D eigenvalue weighted by Crippen LogP contribution is 2.32. The summed E-state index contributed by atoms with van der Waals surface area (Å²) in [7, 11) is -0.586. The van der Waals surface area contributed by atoms with E-state index >= 15 is 0 Å². The molecule has 0 heterocycles. The number of hydrogen-bond donors (Lipinski definition) is 2. The molecule has 0 amide bonds. The second-order valence-electron chi connectivity index (χ2n) is 5.02.